The van der Waals surface area contributed by atoms with Gasteiger partial charge in [-0.3, -0.25) is 0 Å². The molecule has 1 saturated heterocycles. The van der Waals surface area contributed by atoms with E-state index in [-0.39, 0.29) is 0 Å². The van der Waals surface area contributed by atoms with Gasteiger partial charge >= 0.3 is 0 Å². The summed E-state index contributed by atoms with van der Waals surface area (Å²) >= 11 is 4.41. The lowest BCUT2D eigenvalue weighted by atomic mass is 9.92. The molecule has 1 rings (SSSR count). The van der Waals surface area contributed by atoms with E-state index in [9.17, 15) is 5.11 Å². The standard InChI is InChI=1S/C13H27NO2S/c1-11(2)12(9-17)8-14(3)10-13(15)4-6-16-7-5-13/h11-12,15,17H,4-10H2,1-3H3. The predicted octanol–water partition coefficient (Wildman–Crippen LogP) is 1.66. The SMILES string of the molecule is CC(C)C(CS)CN(C)CC1(O)CCOCC1. The molecule has 0 aliphatic carbocycles. The molecule has 1 aliphatic heterocycles. The number of ether oxygens (including phenoxy) is 1. The highest BCUT2D eigenvalue weighted by molar-refractivity contribution is 7.80. The van der Waals surface area contributed by atoms with Crippen LogP contribution in [0.2, 0.25) is 0 Å². The lowest BCUT2D eigenvalue weighted by Crippen LogP contribution is -2.47. The Morgan fingerprint density at radius 2 is 1.94 bits per heavy atom. The van der Waals surface area contributed by atoms with E-state index in [2.05, 4.69) is 38.4 Å². The lowest BCUT2D eigenvalue weighted by molar-refractivity contribution is -0.0782. The minimum absolute atomic E-state index is 0.550. The van der Waals surface area contributed by atoms with Crippen LogP contribution in [-0.4, -0.2) is 54.7 Å². The molecule has 0 aromatic carbocycles. The third-order valence-corrected chi connectivity index (χ3v) is 4.18. The Morgan fingerprint density at radius 3 is 2.41 bits per heavy atom. The van der Waals surface area contributed by atoms with Crippen LogP contribution in [0.1, 0.15) is 26.7 Å². The van der Waals surface area contributed by atoms with E-state index in [0.29, 0.717) is 25.0 Å². The van der Waals surface area contributed by atoms with Crippen molar-refractivity contribution in [2.75, 3.05) is 39.1 Å². The van der Waals surface area contributed by atoms with E-state index >= 15 is 0 Å². The van der Waals surface area contributed by atoms with Crippen LogP contribution in [-0.2, 0) is 4.74 Å². The van der Waals surface area contributed by atoms with Gasteiger partial charge in [-0.15, -0.1) is 0 Å². The van der Waals surface area contributed by atoms with Gasteiger partial charge in [-0.2, -0.15) is 12.6 Å². The van der Waals surface area contributed by atoms with Crippen molar-refractivity contribution in [3.05, 3.63) is 0 Å². The van der Waals surface area contributed by atoms with Gasteiger partial charge in [0.1, 0.15) is 0 Å². The lowest BCUT2D eigenvalue weighted by Gasteiger charge is -2.37. The summed E-state index contributed by atoms with van der Waals surface area (Å²) < 4.78 is 5.30. The van der Waals surface area contributed by atoms with E-state index in [4.69, 9.17) is 4.74 Å². The molecule has 0 aromatic rings. The minimum Gasteiger partial charge on any atom is -0.388 e. The molecule has 0 aromatic heterocycles. The maximum atomic E-state index is 10.4. The van der Waals surface area contributed by atoms with E-state index in [1.807, 2.05) is 0 Å². The molecule has 3 nitrogen and oxygen atoms in total. The summed E-state index contributed by atoms with van der Waals surface area (Å²) in [6, 6.07) is 0. The second kappa shape index (κ2) is 6.98. The summed E-state index contributed by atoms with van der Waals surface area (Å²) in [7, 11) is 2.09. The van der Waals surface area contributed by atoms with E-state index < -0.39 is 5.60 Å². The van der Waals surface area contributed by atoms with E-state index in [0.717, 1.165) is 31.7 Å². The average Bonchev–Trinajstić information content (AvgIpc) is 2.25. The fourth-order valence-corrected chi connectivity index (χ4v) is 2.89. The van der Waals surface area contributed by atoms with Crippen LogP contribution >= 0.6 is 12.6 Å². The molecule has 1 fully saturated rings. The molecule has 1 atom stereocenters. The minimum atomic E-state index is -0.550. The van der Waals surface area contributed by atoms with Crippen molar-refractivity contribution in [2.45, 2.75) is 32.3 Å². The third kappa shape index (κ3) is 5.16. The molecule has 1 aliphatic rings. The summed E-state index contributed by atoms with van der Waals surface area (Å²) in [6.07, 6.45) is 1.51. The monoisotopic (exact) mass is 261 g/mol. The van der Waals surface area contributed by atoms with Gasteiger partial charge in [-0.05, 0) is 24.6 Å². The quantitative estimate of drug-likeness (QED) is 0.713. The van der Waals surface area contributed by atoms with Crippen molar-refractivity contribution in [1.82, 2.24) is 4.90 Å². The second-order valence-electron chi connectivity index (χ2n) is 5.72. The van der Waals surface area contributed by atoms with Crippen LogP contribution < -0.4 is 0 Å². The Balaban J connectivity index is 2.39. The molecule has 0 amide bonds. The zero-order chi connectivity index (χ0) is 12.9. The largest absolute Gasteiger partial charge is 0.388 e. The number of nitrogens with zero attached hydrogens (tertiary/aromatic N) is 1. The van der Waals surface area contributed by atoms with Crippen LogP contribution in [0.4, 0.5) is 0 Å². The Labute approximate surface area is 111 Å². The van der Waals surface area contributed by atoms with Crippen LogP contribution in [0.5, 0.6) is 0 Å². The van der Waals surface area contributed by atoms with Gasteiger partial charge in [0.2, 0.25) is 0 Å². The fraction of sp³-hybridized carbons (Fsp3) is 1.00. The predicted molar refractivity (Wildman–Crippen MR) is 74.7 cm³/mol. The van der Waals surface area contributed by atoms with E-state index in [1.165, 1.54) is 0 Å². The number of likely N-dealkylation sites (N-methyl/N-ethyl adjacent to an activating group) is 1. The molecule has 0 spiro atoms. The Morgan fingerprint density at radius 1 is 1.35 bits per heavy atom. The highest BCUT2D eigenvalue weighted by Crippen LogP contribution is 2.22. The number of rotatable bonds is 6. The molecule has 1 heterocycles. The first-order chi connectivity index (χ1) is 7.97. The number of aliphatic hydroxyl groups is 1. The molecule has 4 heteroatoms. The van der Waals surface area contributed by atoms with Crippen LogP contribution in [0.15, 0.2) is 0 Å². The smallest absolute Gasteiger partial charge is 0.0817 e. The summed E-state index contributed by atoms with van der Waals surface area (Å²) in [5.41, 5.74) is -0.550. The Hall–Kier alpha value is 0.230. The third-order valence-electron chi connectivity index (χ3n) is 3.71. The number of hydrogen-bond acceptors (Lipinski definition) is 4. The molecule has 102 valence electrons. The highest BCUT2D eigenvalue weighted by atomic mass is 32.1. The highest BCUT2D eigenvalue weighted by Gasteiger charge is 2.31. The fourth-order valence-electron chi connectivity index (χ4n) is 2.36. The molecule has 1 N–H and O–H groups in total. The van der Waals surface area contributed by atoms with Crippen molar-refractivity contribution in [1.29, 1.82) is 0 Å². The average molecular weight is 261 g/mol. The van der Waals surface area contributed by atoms with Crippen molar-refractivity contribution < 1.29 is 9.84 Å². The maximum Gasteiger partial charge on any atom is 0.0817 e. The molecule has 0 saturated carbocycles. The van der Waals surface area contributed by atoms with Gasteiger partial charge < -0.3 is 14.7 Å². The zero-order valence-electron chi connectivity index (χ0n) is 11.4. The summed E-state index contributed by atoms with van der Waals surface area (Å²) in [5, 5.41) is 10.4. The summed E-state index contributed by atoms with van der Waals surface area (Å²) in [5.74, 6) is 2.13. The van der Waals surface area contributed by atoms with Crippen molar-refractivity contribution in [3.63, 3.8) is 0 Å². The molecule has 0 radical (unpaired) electrons. The first-order valence-corrected chi connectivity index (χ1v) is 7.19. The van der Waals surface area contributed by atoms with Gasteiger partial charge in [0, 0.05) is 39.1 Å². The van der Waals surface area contributed by atoms with Gasteiger partial charge in [-0.25, -0.2) is 0 Å². The molecule has 0 bridgehead atoms. The van der Waals surface area contributed by atoms with Crippen molar-refractivity contribution >= 4 is 12.6 Å². The van der Waals surface area contributed by atoms with Crippen molar-refractivity contribution in [2.24, 2.45) is 11.8 Å². The van der Waals surface area contributed by atoms with Crippen LogP contribution in [0.25, 0.3) is 0 Å². The first-order valence-electron chi connectivity index (χ1n) is 6.56. The topological polar surface area (TPSA) is 32.7 Å². The van der Waals surface area contributed by atoms with Gasteiger partial charge in [0.25, 0.3) is 0 Å². The zero-order valence-corrected chi connectivity index (χ0v) is 12.2. The van der Waals surface area contributed by atoms with Crippen LogP contribution in [0, 0.1) is 11.8 Å². The number of thiol groups is 1. The van der Waals surface area contributed by atoms with Crippen LogP contribution in [0.3, 0.4) is 0 Å². The summed E-state index contributed by atoms with van der Waals surface area (Å²) in [4.78, 5) is 2.24. The maximum absolute atomic E-state index is 10.4. The summed E-state index contributed by atoms with van der Waals surface area (Å²) in [6.45, 7) is 7.59. The molecule has 1 unspecified atom stereocenters. The Bertz CT molecular complexity index is 217. The number of hydrogen-bond donors (Lipinski definition) is 2. The molecule has 17 heavy (non-hydrogen) atoms. The normalized spacial score (nSPS) is 22.1. The van der Waals surface area contributed by atoms with Gasteiger partial charge in [0.15, 0.2) is 0 Å². The molecular weight excluding hydrogens is 234 g/mol. The first kappa shape index (κ1) is 15.3. The van der Waals surface area contributed by atoms with Gasteiger partial charge in [0.05, 0.1) is 5.60 Å². The van der Waals surface area contributed by atoms with E-state index in [1.54, 1.807) is 0 Å². The molecular formula is C13H27NO2S. The Kier molecular flexibility index (Phi) is 6.27. The van der Waals surface area contributed by atoms with Gasteiger partial charge in [-0.1, -0.05) is 13.8 Å². The van der Waals surface area contributed by atoms with Crippen molar-refractivity contribution in [3.8, 4) is 0 Å². The second-order valence-corrected chi connectivity index (χ2v) is 6.09.